The number of nitrogens with one attached hydrogen (secondary N) is 2. The highest BCUT2D eigenvalue weighted by Gasteiger charge is 2.11. The number of hydrogen-bond acceptors (Lipinski definition) is 4. The molecule has 0 fully saturated rings. The van der Waals surface area contributed by atoms with Crippen molar-refractivity contribution in [1.82, 2.24) is 4.98 Å². The molecule has 0 aliphatic carbocycles. The van der Waals surface area contributed by atoms with E-state index >= 15 is 0 Å². The Bertz CT molecular complexity index is 916. The van der Waals surface area contributed by atoms with Gasteiger partial charge in [0.15, 0.2) is 0 Å². The quantitative estimate of drug-likeness (QED) is 0.468. The van der Waals surface area contributed by atoms with E-state index in [1.54, 1.807) is 18.3 Å². The number of rotatable bonds is 5. The van der Waals surface area contributed by atoms with Crippen LogP contribution in [0.4, 0.5) is 5.69 Å². The van der Waals surface area contributed by atoms with Gasteiger partial charge in [-0.1, -0.05) is 49.0 Å². The van der Waals surface area contributed by atoms with Crippen LogP contribution in [0.1, 0.15) is 16.7 Å². The molecule has 0 aliphatic heterocycles. The lowest BCUT2D eigenvalue weighted by atomic mass is 9.96. The number of aromatic nitrogens is 1. The van der Waals surface area contributed by atoms with Crippen LogP contribution in [-0.4, -0.2) is 22.8 Å². The second-order valence-corrected chi connectivity index (χ2v) is 5.65. The van der Waals surface area contributed by atoms with Gasteiger partial charge >= 0.3 is 0 Å². The van der Waals surface area contributed by atoms with Crippen LogP contribution >= 0.6 is 0 Å². The molecule has 0 atom stereocenters. The van der Waals surface area contributed by atoms with Gasteiger partial charge in [-0.3, -0.25) is 10.4 Å². The van der Waals surface area contributed by atoms with Gasteiger partial charge in [0.2, 0.25) is 0 Å². The Morgan fingerprint density at radius 2 is 1.76 bits per heavy atom. The molecule has 0 bridgehead atoms. The molecule has 3 aromatic rings. The first-order valence-corrected chi connectivity index (χ1v) is 7.90. The lowest BCUT2D eigenvalue weighted by Crippen LogP contribution is -2.06. The Morgan fingerprint density at radius 1 is 1.04 bits per heavy atom. The molecule has 3 N–H and O–H groups in total. The highest BCUT2D eigenvalue weighted by molar-refractivity contribution is 6.14. The summed E-state index contributed by atoms with van der Waals surface area (Å²) in [7, 11) is 1.85. The zero-order chi connectivity index (χ0) is 17.8. The minimum Gasteiger partial charge on any atom is -0.508 e. The van der Waals surface area contributed by atoms with Crippen LogP contribution in [0.3, 0.4) is 0 Å². The molecule has 4 nitrogen and oxygen atoms in total. The van der Waals surface area contributed by atoms with Gasteiger partial charge in [-0.25, -0.2) is 0 Å². The van der Waals surface area contributed by atoms with E-state index in [2.05, 4.69) is 16.9 Å². The Hall–Kier alpha value is -3.40. The molecule has 0 saturated carbocycles. The molecule has 3 rings (SSSR count). The summed E-state index contributed by atoms with van der Waals surface area (Å²) in [4.78, 5) is 4.15. The zero-order valence-electron chi connectivity index (χ0n) is 14.0. The van der Waals surface area contributed by atoms with Crippen molar-refractivity contribution >= 4 is 17.2 Å². The summed E-state index contributed by atoms with van der Waals surface area (Å²) in [6, 6.07) is 17.0. The van der Waals surface area contributed by atoms with E-state index in [1.807, 2.05) is 55.7 Å². The molecule has 124 valence electrons. The number of aliphatic hydroxyl groups excluding tert-OH is 1. The Labute approximate surface area is 147 Å². The Kier molecular flexibility index (Phi) is 4.61. The highest BCUT2D eigenvalue weighted by atomic mass is 16.3. The van der Waals surface area contributed by atoms with Crippen molar-refractivity contribution in [3.8, 4) is 11.1 Å². The van der Waals surface area contributed by atoms with E-state index in [0.29, 0.717) is 11.3 Å². The summed E-state index contributed by atoms with van der Waals surface area (Å²) in [5.41, 5.74) is 5.60. The fraction of sp³-hybridized carbons (Fsp3) is 0.0476. The van der Waals surface area contributed by atoms with Gasteiger partial charge in [-0.05, 0) is 17.7 Å². The molecule has 2 aromatic carbocycles. The molecular formula is C21H19N3O. The van der Waals surface area contributed by atoms with Crippen molar-refractivity contribution in [3.63, 3.8) is 0 Å². The maximum atomic E-state index is 9.43. The van der Waals surface area contributed by atoms with Crippen LogP contribution in [0.5, 0.6) is 0 Å². The monoisotopic (exact) mass is 329 g/mol. The predicted molar refractivity (Wildman–Crippen MR) is 103 cm³/mol. The summed E-state index contributed by atoms with van der Waals surface area (Å²) < 4.78 is 0. The van der Waals surface area contributed by atoms with Crippen molar-refractivity contribution < 1.29 is 5.11 Å². The van der Waals surface area contributed by atoms with Gasteiger partial charge in [0.1, 0.15) is 5.76 Å². The van der Waals surface area contributed by atoms with Gasteiger partial charge in [-0.2, -0.15) is 0 Å². The van der Waals surface area contributed by atoms with Crippen LogP contribution in [0.2, 0.25) is 0 Å². The molecule has 0 spiro atoms. The average Bonchev–Trinajstić information content (AvgIpc) is 2.67. The van der Waals surface area contributed by atoms with E-state index in [4.69, 9.17) is 5.41 Å². The first kappa shape index (κ1) is 16.5. The van der Waals surface area contributed by atoms with E-state index < -0.39 is 0 Å². The van der Waals surface area contributed by atoms with Crippen LogP contribution in [0, 0.1) is 5.41 Å². The third-order valence-corrected chi connectivity index (χ3v) is 4.06. The molecule has 4 heteroatoms. The first-order chi connectivity index (χ1) is 12.1. The fourth-order valence-corrected chi connectivity index (χ4v) is 2.67. The van der Waals surface area contributed by atoms with E-state index in [9.17, 15) is 5.11 Å². The number of anilines is 1. The van der Waals surface area contributed by atoms with Crippen molar-refractivity contribution in [3.05, 3.63) is 90.3 Å². The van der Waals surface area contributed by atoms with E-state index in [1.165, 1.54) is 0 Å². The van der Waals surface area contributed by atoms with Crippen LogP contribution < -0.4 is 5.32 Å². The zero-order valence-corrected chi connectivity index (χ0v) is 14.0. The number of benzene rings is 2. The summed E-state index contributed by atoms with van der Waals surface area (Å²) in [6.07, 6.45) is 3.57. The minimum absolute atomic E-state index is 0.0230. The number of aliphatic hydroxyl groups is 1. The standard InChI is InChI=1S/C21H19N3O/c1-14(25)15-5-7-16(8-6-15)21(22)19-10-9-17(12-20(19)23-2)18-4-3-11-24-13-18/h3-13,22-23,25H,1H2,2H3. The van der Waals surface area contributed by atoms with Crippen molar-refractivity contribution in [2.75, 3.05) is 12.4 Å². The molecule has 0 amide bonds. The lowest BCUT2D eigenvalue weighted by molar-refractivity contribution is 0.514. The SMILES string of the molecule is C=C(O)c1ccc(C(=N)c2ccc(-c3cccnc3)cc2NC)cc1. The highest BCUT2D eigenvalue weighted by Crippen LogP contribution is 2.27. The smallest absolute Gasteiger partial charge is 0.115 e. The first-order valence-electron chi connectivity index (χ1n) is 7.90. The average molecular weight is 329 g/mol. The minimum atomic E-state index is 0.0230. The second-order valence-electron chi connectivity index (χ2n) is 5.65. The molecule has 0 aliphatic rings. The van der Waals surface area contributed by atoms with Crippen molar-refractivity contribution in [2.45, 2.75) is 0 Å². The van der Waals surface area contributed by atoms with Gasteiger partial charge in [-0.15, -0.1) is 0 Å². The molecular weight excluding hydrogens is 310 g/mol. The van der Waals surface area contributed by atoms with Gasteiger partial charge in [0.25, 0.3) is 0 Å². The summed E-state index contributed by atoms with van der Waals surface area (Å²) in [5, 5.41) is 21.1. The van der Waals surface area contributed by atoms with Crippen LogP contribution in [0.25, 0.3) is 16.9 Å². The van der Waals surface area contributed by atoms with E-state index in [0.717, 1.165) is 27.9 Å². The third kappa shape index (κ3) is 3.43. The number of nitrogens with zero attached hydrogens (tertiary/aromatic N) is 1. The number of hydrogen-bond donors (Lipinski definition) is 3. The topological polar surface area (TPSA) is 69.0 Å². The largest absolute Gasteiger partial charge is 0.508 e. The Balaban J connectivity index is 1.96. The van der Waals surface area contributed by atoms with Crippen molar-refractivity contribution in [2.24, 2.45) is 0 Å². The molecule has 0 unspecified atom stereocenters. The number of pyridine rings is 1. The molecule has 0 radical (unpaired) electrons. The van der Waals surface area contributed by atoms with Gasteiger partial charge in [0, 0.05) is 47.4 Å². The van der Waals surface area contributed by atoms with Crippen LogP contribution in [-0.2, 0) is 0 Å². The summed E-state index contributed by atoms with van der Waals surface area (Å²) in [5.74, 6) is 0.0230. The van der Waals surface area contributed by atoms with Gasteiger partial charge in [0.05, 0.1) is 5.71 Å². The third-order valence-electron chi connectivity index (χ3n) is 4.06. The summed E-state index contributed by atoms with van der Waals surface area (Å²) >= 11 is 0. The normalized spacial score (nSPS) is 10.3. The second kappa shape index (κ2) is 7.01. The molecule has 1 aromatic heterocycles. The molecule has 1 heterocycles. The van der Waals surface area contributed by atoms with Crippen molar-refractivity contribution in [1.29, 1.82) is 5.41 Å². The molecule has 25 heavy (non-hydrogen) atoms. The lowest BCUT2D eigenvalue weighted by Gasteiger charge is -2.13. The van der Waals surface area contributed by atoms with Crippen LogP contribution in [0.15, 0.2) is 73.6 Å². The predicted octanol–water partition coefficient (Wildman–Crippen LogP) is 4.74. The maximum Gasteiger partial charge on any atom is 0.115 e. The maximum absolute atomic E-state index is 9.43. The molecule has 0 saturated heterocycles. The Morgan fingerprint density at radius 3 is 2.36 bits per heavy atom. The fourth-order valence-electron chi connectivity index (χ4n) is 2.67. The van der Waals surface area contributed by atoms with E-state index in [-0.39, 0.29) is 5.76 Å². The van der Waals surface area contributed by atoms with Gasteiger partial charge < -0.3 is 10.4 Å². The summed E-state index contributed by atoms with van der Waals surface area (Å²) in [6.45, 7) is 3.51.